The Hall–Kier alpha value is -3.31. The minimum absolute atomic E-state index is 0.238. The number of carbonyl (C=O) groups is 1. The van der Waals surface area contributed by atoms with E-state index >= 15 is 0 Å². The molecule has 0 aliphatic rings. The summed E-state index contributed by atoms with van der Waals surface area (Å²) >= 11 is 0. The maximum Gasteiger partial charge on any atom is 0.338 e. The number of rotatable bonds is 4. The predicted molar refractivity (Wildman–Crippen MR) is 78.3 cm³/mol. The third kappa shape index (κ3) is 3.41. The second kappa shape index (κ2) is 6.92. The lowest BCUT2D eigenvalue weighted by atomic mass is 10.1. The Morgan fingerprint density at radius 1 is 1.05 bits per heavy atom. The van der Waals surface area contributed by atoms with Gasteiger partial charge in [-0.2, -0.15) is 10.5 Å². The number of hydrogen-bond acceptors (Lipinski definition) is 5. The largest absolute Gasteiger partial charge is 0.462 e. The summed E-state index contributed by atoms with van der Waals surface area (Å²) < 4.78 is 10.5. The lowest BCUT2D eigenvalue weighted by Gasteiger charge is -2.08. The van der Waals surface area contributed by atoms with Crippen LogP contribution >= 0.6 is 0 Å². The van der Waals surface area contributed by atoms with Crippen molar-refractivity contribution < 1.29 is 14.3 Å². The third-order valence-electron chi connectivity index (χ3n) is 2.81. The monoisotopic (exact) mass is 292 g/mol. The Morgan fingerprint density at radius 3 is 2.45 bits per heavy atom. The maximum absolute atomic E-state index is 11.7. The van der Waals surface area contributed by atoms with Gasteiger partial charge in [0.15, 0.2) is 0 Å². The highest BCUT2D eigenvalue weighted by Crippen LogP contribution is 2.24. The molecular formula is C17H12N2O3. The van der Waals surface area contributed by atoms with Gasteiger partial charge < -0.3 is 9.47 Å². The molecule has 0 aromatic heterocycles. The zero-order chi connectivity index (χ0) is 15.9. The van der Waals surface area contributed by atoms with Crippen LogP contribution in [0.1, 0.15) is 28.4 Å². The smallest absolute Gasteiger partial charge is 0.338 e. The van der Waals surface area contributed by atoms with Crippen LogP contribution in [-0.4, -0.2) is 12.6 Å². The minimum atomic E-state index is -0.425. The Labute approximate surface area is 127 Å². The highest BCUT2D eigenvalue weighted by molar-refractivity contribution is 5.89. The second-order valence-corrected chi connectivity index (χ2v) is 4.28. The molecular weight excluding hydrogens is 280 g/mol. The number of hydrogen-bond donors (Lipinski definition) is 0. The number of benzene rings is 2. The molecule has 0 heterocycles. The standard InChI is InChI=1S/C17H12N2O3/c1-2-21-17(20)12-4-3-5-15(8-12)22-16-7-6-13(10-18)14(9-16)11-19/h3-9H,2H2,1H3. The van der Waals surface area contributed by atoms with Gasteiger partial charge in [-0.15, -0.1) is 0 Å². The van der Waals surface area contributed by atoms with Crippen LogP contribution in [0.15, 0.2) is 42.5 Å². The molecule has 0 spiro atoms. The quantitative estimate of drug-likeness (QED) is 0.806. The Balaban J connectivity index is 2.25. The molecule has 2 aromatic rings. The predicted octanol–water partition coefficient (Wildman–Crippen LogP) is 3.40. The van der Waals surface area contributed by atoms with Gasteiger partial charge in [-0.25, -0.2) is 4.79 Å². The molecule has 2 rings (SSSR count). The molecule has 5 nitrogen and oxygen atoms in total. The van der Waals surface area contributed by atoms with E-state index in [-0.39, 0.29) is 11.1 Å². The van der Waals surface area contributed by atoms with E-state index in [0.717, 1.165) is 0 Å². The first-order valence-electron chi connectivity index (χ1n) is 6.57. The molecule has 0 aliphatic carbocycles. The van der Waals surface area contributed by atoms with Crippen molar-refractivity contribution in [3.8, 4) is 23.6 Å². The molecule has 0 amide bonds. The maximum atomic E-state index is 11.7. The first-order chi connectivity index (χ1) is 10.7. The molecule has 108 valence electrons. The van der Waals surface area contributed by atoms with Crippen molar-refractivity contribution in [1.29, 1.82) is 10.5 Å². The topological polar surface area (TPSA) is 83.1 Å². The third-order valence-corrected chi connectivity index (χ3v) is 2.81. The van der Waals surface area contributed by atoms with E-state index in [2.05, 4.69) is 0 Å². The average molecular weight is 292 g/mol. The van der Waals surface area contributed by atoms with Gasteiger partial charge >= 0.3 is 5.97 Å². The lowest BCUT2D eigenvalue weighted by molar-refractivity contribution is 0.0526. The van der Waals surface area contributed by atoms with Crippen LogP contribution in [0.25, 0.3) is 0 Å². The van der Waals surface area contributed by atoms with Crippen LogP contribution in [-0.2, 0) is 4.74 Å². The molecule has 5 heteroatoms. The van der Waals surface area contributed by atoms with Gasteiger partial charge in [-0.1, -0.05) is 6.07 Å². The van der Waals surface area contributed by atoms with E-state index in [1.165, 1.54) is 12.1 Å². The number of nitriles is 2. The fourth-order valence-electron chi connectivity index (χ4n) is 1.81. The van der Waals surface area contributed by atoms with Gasteiger partial charge in [0.1, 0.15) is 23.6 Å². The van der Waals surface area contributed by atoms with Crippen LogP contribution in [0.2, 0.25) is 0 Å². The van der Waals surface area contributed by atoms with Crippen LogP contribution in [0, 0.1) is 22.7 Å². The summed E-state index contributed by atoms with van der Waals surface area (Å²) in [6.07, 6.45) is 0. The normalized spacial score (nSPS) is 9.41. The molecule has 0 saturated carbocycles. The van der Waals surface area contributed by atoms with Crippen LogP contribution in [0.3, 0.4) is 0 Å². The number of nitrogens with zero attached hydrogens (tertiary/aromatic N) is 2. The van der Waals surface area contributed by atoms with Gasteiger partial charge in [0.2, 0.25) is 0 Å². The first kappa shape index (κ1) is 15.1. The highest BCUT2D eigenvalue weighted by Gasteiger charge is 2.09. The van der Waals surface area contributed by atoms with Crippen molar-refractivity contribution in [2.75, 3.05) is 6.61 Å². The Morgan fingerprint density at radius 2 is 1.77 bits per heavy atom. The number of ether oxygens (including phenoxy) is 2. The summed E-state index contributed by atoms with van der Waals surface area (Å²) in [5.41, 5.74) is 0.908. The first-order valence-corrected chi connectivity index (χ1v) is 6.57. The Kier molecular flexibility index (Phi) is 4.74. The Bertz CT molecular complexity index is 785. The summed E-state index contributed by atoms with van der Waals surface area (Å²) in [6, 6.07) is 15.0. The van der Waals surface area contributed by atoms with Crippen molar-refractivity contribution in [2.24, 2.45) is 0 Å². The summed E-state index contributed by atoms with van der Waals surface area (Å²) in [6.45, 7) is 2.03. The SMILES string of the molecule is CCOC(=O)c1cccc(Oc2ccc(C#N)c(C#N)c2)c1. The molecule has 0 atom stereocenters. The zero-order valence-electron chi connectivity index (χ0n) is 11.9. The minimum Gasteiger partial charge on any atom is -0.462 e. The lowest BCUT2D eigenvalue weighted by Crippen LogP contribution is -2.04. The molecule has 0 radical (unpaired) electrons. The van der Waals surface area contributed by atoms with Crippen molar-refractivity contribution in [2.45, 2.75) is 6.92 Å². The fraction of sp³-hybridized carbons (Fsp3) is 0.118. The summed E-state index contributed by atoms with van der Waals surface area (Å²) in [7, 11) is 0. The van der Waals surface area contributed by atoms with Gasteiger partial charge in [0.25, 0.3) is 0 Å². The number of carbonyl (C=O) groups excluding carboxylic acids is 1. The van der Waals surface area contributed by atoms with E-state index in [1.807, 2.05) is 12.1 Å². The van der Waals surface area contributed by atoms with Crippen LogP contribution in [0.5, 0.6) is 11.5 Å². The zero-order valence-corrected chi connectivity index (χ0v) is 11.9. The molecule has 2 aromatic carbocycles. The van der Waals surface area contributed by atoms with Crippen molar-refractivity contribution in [3.05, 3.63) is 59.2 Å². The average Bonchev–Trinajstić information content (AvgIpc) is 2.55. The summed E-state index contributed by atoms with van der Waals surface area (Å²) in [4.78, 5) is 11.7. The summed E-state index contributed by atoms with van der Waals surface area (Å²) in [5, 5.41) is 17.9. The van der Waals surface area contributed by atoms with Crippen molar-refractivity contribution >= 4 is 5.97 Å². The molecule has 22 heavy (non-hydrogen) atoms. The van der Waals surface area contributed by atoms with Gasteiger partial charge in [0.05, 0.1) is 23.3 Å². The molecule has 0 unspecified atom stereocenters. The molecule has 0 N–H and O–H groups in total. The molecule has 0 saturated heterocycles. The van der Waals surface area contributed by atoms with Crippen molar-refractivity contribution in [3.63, 3.8) is 0 Å². The highest BCUT2D eigenvalue weighted by atomic mass is 16.5. The van der Waals surface area contributed by atoms with Gasteiger partial charge in [-0.3, -0.25) is 0 Å². The molecule has 0 fully saturated rings. The molecule has 0 bridgehead atoms. The van der Waals surface area contributed by atoms with E-state index in [0.29, 0.717) is 23.7 Å². The fourth-order valence-corrected chi connectivity index (χ4v) is 1.81. The molecule has 0 aliphatic heterocycles. The van der Waals surface area contributed by atoms with Crippen LogP contribution < -0.4 is 4.74 Å². The van der Waals surface area contributed by atoms with Crippen molar-refractivity contribution in [1.82, 2.24) is 0 Å². The van der Waals surface area contributed by atoms with Crippen LogP contribution in [0.4, 0.5) is 0 Å². The van der Waals surface area contributed by atoms with Gasteiger partial charge in [-0.05, 0) is 43.3 Å². The van der Waals surface area contributed by atoms with Gasteiger partial charge in [0, 0.05) is 0 Å². The van der Waals surface area contributed by atoms with E-state index < -0.39 is 5.97 Å². The number of esters is 1. The van der Waals surface area contributed by atoms with E-state index in [4.69, 9.17) is 20.0 Å². The van der Waals surface area contributed by atoms with E-state index in [1.54, 1.807) is 37.3 Å². The second-order valence-electron chi connectivity index (χ2n) is 4.28. The summed E-state index contributed by atoms with van der Waals surface area (Å²) in [5.74, 6) is 0.432. The van der Waals surface area contributed by atoms with E-state index in [9.17, 15) is 4.79 Å².